The van der Waals surface area contributed by atoms with Gasteiger partial charge < -0.3 is 5.32 Å². The third kappa shape index (κ3) is 2.92. The van der Waals surface area contributed by atoms with Crippen molar-refractivity contribution < 1.29 is 0 Å². The van der Waals surface area contributed by atoms with Gasteiger partial charge in [-0.1, -0.05) is 41.5 Å². The minimum absolute atomic E-state index is 0.327. The standard InChI is InChI=1S/C17H21N/c1-12-5-8-16(9-6-12)18-15(4)17-10-7-13(2)11-14(17)3/h5-11,15,18H,1-4H3. The summed E-state index contributed by atoms with van der Waals surface area (Å²) in [5, 5.41) is 3.55. The van der Waals surface area contributed by atoms with Crippen LogP contribution in [0.5, 0.6) is 0 Å². The second kappa shape index (κ2) is 5.26. The zero-order chi connectivity index (χ0) is 13.1. The number of nitrogens with one attached hydrogen (secondary N) is 1. The normalized spacial score (nSPS) is 12.2. The summed E-state index contributed by atoms with van der Waals surface area (Å²) >= 11 is 0. The van der Waals surface area contributed by atoms with Crippen LogP contribution in [0.1, 0.15) is 35.2 Å². The highest BCUT2D eigenvalue weighted by Gasteiger charge is 2.08. The lowest BCUT2D eigenvalue weighted by Gasteiger charge is -2.18. The van der Waals surface area contributed by atoms with Crippen LogP contribution in [0.25, 0.3) is 0 Å². The first kappa shape index (κ1) is 12.7. The highest BCUT2D eigenvalue weighted by Crippen LogP contribution is 2.23. The molecule has 18 heavy (non-hydrogen) atoms. The predicted molar refractivity (Wildman–Crippen MR) is 79.1 cm³/mol. The van der Waals surface area contributed by atoms with Gasteiger partial charge in [0.2, 0.25) is 0 Å². The average Bonchev–Trinajstić information content (AvgIpc) is 2.32. The van der Waals surface area contributed by atoms with Gasteiger partial charge in [-0.3, -0.25) is 0 Å². The van der Waals surface area contributed by atoms with E-state index in [1.54, 1.807) is 0 Å². The highest BCUT2D eigenvalue weighted by atomic mass is 14.9. The molecule has 0 radical (unpaired) electrons. The Kier molecular flexibility index (Phi) is 3.71. The van der Waals surface area contributed by atoms with Crippen LogP contribution >= 0.6 is 0 Å². The van der Waals surface area contributed by atoms with Crippen molar-refractivity contribution in [3.63, 3.8) is 0 Å². The molecule has 2 aromatic carbocycles. The maximum atomic E-state index is 3.55. The lowest BCUT2D eigenvalue weighted by atomic mass is 10.00. The smallest absolute Gasteiger partial charge is 0.0488 e. The molecule has 94 valence electrons. The number of aryl methyl sites for hydroxylation is 3. The summed E-state index contributed by atoms with van der Waals surface area (Å²) in [5.74, 6) is 0. The molecule has 0 saturated heterocycles. The van der Waals surface area contributed by atoms with Crippen molar-refractivity contribution >= 4 is 5.69 Å². The molecule has 2 aromatic rings. The van der Waals surface area contributed by atoms with Crippen molar-refractivity contribution in [2.24, 2.45) is 0 Å². The number of hydrogen-bond acceptors (Lipinski definition) is 1. The van der Waals surface area contributed by atoms with Crippen molar-refractivity contribution in [1.82, 2.24) is 0 Å². The van der Waals surface area contributed by atoms with E-state index in [4.69, 9.17) is 0 Å². The van der Waals surface area contributed by atoms with Crippen LogP contribution in [0.15, 0.2) is 42.5 Å². The summed E-state index contributed by atoms with van der Waals surface area (Å²) in [6.07, 6.45) is 0. The first-order chi connectivity index (χ1) is 8.56. The highest BCUT2D eigenvalue weighted by molar-refractivity contribution is 5.47. The van der Waals surface area contributed by atoms with Crippen LogP contribution in [-0.2, 0) is 0 Å². The molecule has 1 unspecified atom stereocenters. The van der Waals surface area contributed by atoms with Gasteiger partial charge in [0.15, 0.2) is 0 Å². The molecule has 1 nitrogen and oxygen atoms in total. The fraction of sp³-hybridized carbons (Fsp3) is 0.294. The third-order valence-electron chi connectivity index (χ3n) is 3.33. The zero-order valence-corrected chi connectivity index (χ0v) is 11.6. The quantitative estimate of drug-likeness (QED) is 0.812. The van der Waals surface area contributed by atoms with Gasteiger partial charge in [-0.2, -0.15) is 0 Å². The fourth-order valence-corrected chi connectivity index (χ4v) is 2.29. The number of anilines is 1. The van der Waals surface area contributed by atoms with Crippen LogP contribution in [0, 0.1) is 20.8 Å². The second-order valence-electron chi connectivity index (χ2n) is 5.09. The summed E-state index contributed by atoms with van der Waals surface area (Å²) in [6.45, 7) is 8.62. The monoisotopic (exact) mass is 239 g/mol. The Morgan fingerprint density at radius 2 is 1.44 bits per heavy atom. The number of rotatable bonds is 3. The fourth-order valence-electron chi connectivity index (χ4n) is 2.29. The van der Waals surface area contributed by atoms with Gasteiger partial charge >= 0.3 is 0 Å². The van der Waals surface area contributed by atoms with Crippen LogP contribution in [0.4, 0.5) is 5.69 Å². The lowest BCUT2D eigenvalue weighted by molar-refractivity contribution is 0.873. The maximum absolute atomic E-state index is 3.55. The molecular weight excluding hydrogens is 218 g/mol. The lowest BCUT2D eigenvalue weighted by Crippen LogP contribution is -2.08. The average molecular weight is 239 g/mol. The van der Waals surface area contributed by atoms with Crippen molar-refractivity contribution in [3.8, 4) is 0 Å². The SMILES string of the molecule is Cc1ccc(NC(C)c2ccc(C)cc2C)cc1. The molecule has 0 spiro atoms. The molecule has 2 rings (SSSR count). The van der Waals surface area contributed by atoms with Crippen LogP contribution in [0.3, 0.4) is 0 Å². The minimum Gasteiger partial charge on any atom is -0.379 e. The van der Waals surface area contributed by atoms with Crippen LogP contribution in [0.2, 0.25) is 0 Å². The van der Waals surface area contributed by atoms with E-state index in [1.165, 1.54) is 27.9 Å². The number of hydrogen-bond donors (Lipinski definition) is 1. The van der Waals surface area contributed by atoms with Crippen LogP contribution in [-0.4, -0.2) is 0 Å². The van der Waals surface area contributed by atoms with E-state index >= 15 is 0 Å². The summed E-state index contributed by atoms with van der Waals surface area (Å²) in [5.41, 5.74) is 6.50. The van der Waals surface area contributed by atoms with E-state index in [0.717, 1.165) is 0 Å². The van der Waals surface area contributed by atoms with Gasteiger partial charge in [0.25, 0.3) is 0 Å². The Labute approximate surface area is 110 Å². The molecule has 0 aliphatic heterocycles. The van der Waals surface area contributed by atoms with Crippen LogP contribution < -0.4 is 5.32 Å². The van der Waals surface area contributed by atoms with E-state index in [9.17, 15) is 0 Å². The Bertz CT molecular complexity index is 526. The molecule has 0 amide bonds. The van der Waals surface area contributed by atoms with E-state index in [0.29, 0.717) is 6.04 Å². The Balaban J connectivity index is 2.16. The molecule has 1 atom stereocenters. The molecule has 1 heteroatoms. The van der Waals surface area contributed by atoms with E-state index < -0.39 is 0 Å². The molecule has 0 saturated carbocycles. The summed E-state index contributed by atoms with van der Waals surface area (Å²) in [7, 11) is 0. The Morgan fingerprint density at radius 1 is 0.833 bits per heavy atom. The van der Waals surface area contributed by atoms with E-state index in [1.807, 2.05) is 0 Å². The molecule has 0 aliphatic rings. The zero-order valence-electron chi connectivity index (χ0n) is 11.6. The topological polar surface area (TPSA) is 12.0 Å². The summed E-state index contributed by atoms with van der Waals surface area (Å²) < 4.78 is 0. The Morgan fingerprint density at radius 3 is 2.06 bits per heavy atom. The molecular formula is C17H21N. The van der Waals surface area contributed by atoms with Gasteiger partial charge in [-0.05, 0) is 51.0 Å². The molecule has 0 heterocycles. The van der Waals surface area contributed by atoms with Gasteiger partial charge in [0.1, 0.15) is 0 Å². The summed E-state index contributed by atoms with van der Waals surface area (Å²) in [6, 6.07) is 15.5. The first-order valence-electron chi connectivity index (χ1n) is 6.46. The van der Waals surface area contributed by atoms with Gasteiger partial charge in [0, 0.05) is 11.7 Å². The van der Waals surface area contributed by atoms with Crippen molar-refractivity contribution in [3.05, 3.63) is 64.7 Å². The maximum Gasteiger partial charge on any atom is 0.0488 e. The predicted octanol–water partition coefficient (Wildman–Crippen LogP) is 4.78. The Hall–Kier alpha value is -1.76. The van der Waals surface area contributed by atoms with E-state index in [-0.39, 0.29) is 0 Å². The van der Waals surface area contributed by atoms with Gasteiger partial charge in [-0.15, -0.1) is 0 Å². The first-order valence-corrected chi connectivity index (χ1v) is 6.46. The molecule has 0 fully saturated rings. The second-order valence-corrected chi connectivity index (χ2v) is 5.09. The third-order valence-corrected chi connectivity index (χ3v) is 3.33. The van der Waals surface area contributed by atoms with Gasteiger partial charge in [-0.25, -0.2) is 0 Å². The molecule has 0 bridgehead atoms. The molecule has 1 N–H and O–H groups in total. The van der Waals surface area contributed by atoms with Gasteiger partial charge in [0.05, 0.1) is 0 Å². The van der Waals surface area contributed by atoms with Crippen molar-refractivity contribution in [2.45, 2.75) is 33.7 Å². The van der Waals surface area contributed by atoms with Crippen molar-refractivity contribution in [1.29, 1.82) is 0 Å². The largest absolute Gasteiger partial charge is 0.379 e. The minimum atomic E-state index is 0.327. The number of benzene rings is 2. The molecule has 0 aromatic heterocycles. The van der Waals surface area contributed by atoms with E-state index in [2.05, 4.69) is 75.5 Å². The molecule has 0 aliphatic carbocycles. The summed E-state index contributed by atoms with van der Waals surface area (Å²) in [4.78, 5) is 0. The van der Waals surface area contributed by atoms with Crippen molar-refractivity contribution in [2.75, 3.05) is 5.32 Å².